The van der Waals surface area contributed by atoms with E-state index in [4.69, 9.17) is 32.7 Å². The lowest BCUT2D eigenvalue weighted by Crippen LogP contribution is -2.42. The van der Waals surface area contributed by atoms with Gasteiger partial charge in [0.15, 0.2) is 5.60 Å². The van der Waals surface area contributed by atoms with Crippen molar-refractivity contribution in [3.05, 3.63) is 52.0 Å². The molecular formula is C24H32Cl3N3O4. The van der Waals surface area contributed by atoms with Crippen molar-refractivity contribution in [1.29, 1.82) is 0 Å². The molecule has 2 aromatic carbocycles. The van der Waals surface area contributed by atoms with Gasteiger partial charge in [-0.2, -0.15) is 0 Å². The Balaban J connectivity index is 0.00000578. The SMILES string of the molecule is CCN(CC)CCNC(=O)c1cc(Cl)c(NC(=O)C(C)(C)Oc2ccc(Cl)cc2)cc1OC.Cl. The van der Waals surface area contributed by atoms with Crippen LogP contribution in [0.1, 0.15) is 38.1 Å². The maximum absolute atomic E-state index is 12.9. The minimum absolute atomic E-state index is 0. The Morgan fingerprint density at radius 1 is 1.06 bits per heavy atom. The fourth-order valence-corrected chi connectivity index (χ4v) is 3.41. The highest BCUT2D eigenvalue weighted by Gasteiger charge is 2.31. The van der Waals surface area contributed by atoms with Crippen LogP contribution in [0, 0.1) is 0 Å². The fraction of sp³-hybridized carbons (Fsp3) is 0.417. The van der Waals surface area contributed by atoms with Gasteiger partial charge in [0.2, 0.25) is 0 Å². The molecule has 0 bridgehead atoms. The normalized spacial score (nSPS) is 10.9. The van der Waals surface area contributed by atoms with E-state index in [1.165, 1.54) is 19.2 Å². The molecule has 188 valence electrons. The van der Waals surface area contributed by atoms with E-state index in [1.807, 2.05) is 0 Å². The number of hydrogen-bond acceptors (Lipinski definition) is 5. The molecule has 0 aliphatic heterocycles. The zero-order chi connectivity index (χ0) is 24.6. The number of benzene rings is 2. The first-order valence-electron chi connectivity index (χ1n) is 10.7. The Bertz CT molecular complexity index is 965. The monoisotopic (exact) mass is 531 g/mol. The first-order chi connectivity index (χ1) is 15.6. The molecule has 0 aliphatic rings. The number of nitrogens with one attached hydrogen (secondary N) is 2. The Morgan fingerprint density at radius 2 is 1.68 bits per heavy atom. The Hall–Kier alpha value is -2.19. The number of carbonyl (C=O) groups excluding carboxylic acids is 2. The first-order valence-corrected chi connectivity index (χ1v) is 11.5. The van der Waals surface area contributed by atoms with Crippen LogP contribution in [0.15, 0.2) is 36.4 Å². The van der Waals surface area contributed by atoms with E-state index in [1.54, 1.807) is 38.1 Å². The van der Waals surface area contributed by atoms with Gasteiger partial charge < -0.3 is 25.0 Å². The number of amides is 2. The Kier molecular flexibility index (Phi) is 12.0. The molecule has 0 heterocycles. The van der Waals surface area contributed by atoms with Gasteiger partial charge in [-0.15, -0.1) is 12.4 Å². The lowest BCUT2D eigenvalue weighted by Gasteiger charge is -2.26. The van der Waals surface area contributed by atoms with Crippen LogP contribution < -0.4 is 20.1 Å². The molecule has 10 heteroatoms. The average molecular weight is 533 g/mol. The zero-order valence-corrected chi connectivity index (χ0v) is 22.4. The average Bonchev–Trinajstić information content (AvgIpc) is 2.79. The molecule has 0 atom stereocenters. The lowest BCUT2D eigenvalue weighted by molar-refractivity contribution is -0.128. The van der Waals surface area contributed by atoms with Crippen LogP contribution >= 0.6 is 35.6 Å². The highest BCUT2D eigenvalue weighted by molar-refractivity contribution is 6.34. The molecule has 0 aromatic heterocycles. The summed E-state index contributed by atoms with van der Waals surface area (Å²) in [6.07, 6.45) is 0. The number of methoxy groups -OCH3 is 1. The summed E-state index contributed by atoms with van der Waals surface area (Å²) in [6.45, 7) is 10.5. The second kappa shape index (κ2) is 13.6. The molecule has 2 aromatic rings. The molecule has 0 fully saturated rings. The van der Waals surface area contributed by atoms with E-state index in [0.29, 0.717) is 28.8 Å². The molecular weight excluding hydrogens is 501 g/mol. The topological polar surface area (TPSA) is 79.9 Å². The predicted octanol–water partition coefficient (Wildman–Crippen LogP) is 5.29. The summed E-state index contributed by atoms with van der Waals surface area (Å²) in [7, 11) is 1.45. The van der Waals surface area contributed by atoms with Crippen LogP contribution in [-0.2, 0) is 4.79 Å². The summed E-state index contributed by atoms with van der Waals surface area (Å²) in [5.41, 5.74) is -0.604. The minimum atomic E-state index is -1.20. The summed E-state index contributed by atoms with van der Waals surface area (Å²) >= 11 is 12.3. The molecule has 0 radical (unpaired) electrons. The summed E-state index contributed by atoms with van der Waals surface area (Å²) in [4.78, 5) is 27.8. The molecule has 0 saturated carbocycles. The van der Waals surface area contributed by atoms with Crippen molar-refractivity contribution in [3.63, 3.8) is 0 Å². The maximum Gasteiger partial charge on any atom is 0.268 e. The summed E-state index contributed by atoms with van der Waals surface area (Å²) in [6, 6.07) is 9.73. The van der Waals surface area contributed by atoms with Gasteiger partial charge in [0.05, 0.1) is 23.4 Å². The van der Waals surface area contributed by atoms with Gasteiger partial charge in [0.1, 0.15) is 11.5 Å². The van der Waals surface area contributed by atoms with E-state index in [2.05, 4.69) is 29.4 Å². The molecule has 34 heavy (non-hydrogen) atoms. The molecule has 2 rings (SSSR count). The second-order valence-corrected chi connectivity index (χ2v) is 8.68. The number of hydrogen-bond donors (Lipinski definition) is 2. The molecule has 0 unspecified atom stereocenters. The van der Waals surface area contributed by atoms with Crippen molar-refractivity contribution in [2.75, 3.05) is 38.6 Å². The lowest BCUT2D eigenvalue weighted by atomic mass is 10.1. The second-order valence-electron chi connectivity index (χ2n) is 7.84. The third-order valence-corrected chi connectivity index (χ3v) is 5.69. The fourth-order valence-electron chi connectivity index (χ4n) is 3.07. The highest BCUT2D eigenvalue weighted by Crippen LogP contribution is 2.32. The smallest absolute Gasteiger partial charge is 0.268 e. The number of ether oxygens (including phenoxy) is 2. The molecule has 7 nitrogen and oxygen atoms in total. The predicted molar refractivity (Wildman–Crippen MR) is 140 cm³/mol. The van der Waals surface area contributed by atoms with Crippen LogP contribution in [0.4, 0.5) is 5.69 Å². The standard InChI is InChI=1S/C24H31Cl2N3O4.ClH/c1-6-29(7-2)13-12-27-22(30)18-14-19(26)20(15-21(18)32-5)28-23(31)24(3,4)33-17-10-8-16(25)9-11-17;/h8-11,14-15H,6-7,12-13H2,1-5H3,(H,27,30)(H,28,31);1H. The van der Waals surface area contributed by atoms with E-state index in [0.717, 1.165) is 19.6 Å². The summed E-state index contributed by atoms with van der Waals surface area (Å²) in [5.74, 6) is 0.0782. The first kappa shape index (κ1) is 29.8. The van der Waals surface area contributed by atoms with E-state index in [9.17, 15) is 9.59 Å². The third kappa shape index (κ3) is 8.24. The van der Waals surface area contributed by atoms with Gasteiger partial charge >= 0.3 is 0 Å². The van der Waals surface area contributed by atoms with Crippen molar-refractivity contribution in [2.24, 2.45) is 0 Å². The van der Waals surface area contributed by atoms with Crippen LogP contribution in [0.2, 0.25) is 10.0 Å². The van der Waals surface area contributed by atoms with Crippen molar-refractivity contribution < 1.29 is 19.1 Å². The van der Waals surface area contributed by atoms with Crippen LogP contribution in [0.3, 0.4) is 0 Å². The van der Waals surface area contributed by atoms with Crippen molar-refractivity contribution >= 4 is 53.1 Å². The van der Waals surface area contributed by atoms with Crippen molar-refractivity contribution in [1.82, 2.24) is 10.2 Å². The number of likely N-dealkylation sites (N-methyl/N-ethyl adjacent to an activating group) is 1. The van der Waals surface area contributed by atoms with Crippen molar-refractivity contribution in [2.45, 2.75) is 33.3 Å². The Morgan fingerprint density at radius 3 is 2.24 bits per heavy atom. The molecule has 0 spiro atoms. The van der Waals surface area contributed by atoms with Crippen LogP contribution in [-0.4, -0.2) is 55.6 Å². The van der Waals surface area contributed by atoms with E-state index >= 15 is 0 Å². The zero-order valence-electron chi connectivity index (χ0n) is 20.0. The van der Waals surface area contributed by atoms with E-state index in [-0.39, 0.29) is 28.9 Å². The summed E-state index contributed by atoms with van der Waals surface area (Å²) < 4.78 is 11.2. The van der Waals surface area contributed by atoms with Crippen molar-refractivity contribution in [3.8, 4) is 11.5 Å². The van der Waals surface area contributed by atoms with Crippen LogP contribution in [0.25, 0.3) is 0 Å². The number of nitrogens with zero attached hydrogens (tertiary/aromatic N) is 1. The van der Waals surface area contributed by atoms with Crippen LogP contribution in [0.5, 0.6) is 11.5 Å². The highest BCUT2D eigenvalue weighted by atomic mass is 35.5. The third-order valence-electron chi connectivity index (χ3n) is 5.12. The van der Waals surface area contributed by atoms with Gasteiger partial charge in [0, 0.05) is 24.2 Å². The number of carbonyl (C=O) groups is 2. The molecule has 0 aliphatic carbocycles. The maximum atomic E-state index is 12.9. The number of rotatable bonds is 11. The van der Waals surface area contributed by atoms with Gasteiger partial charge in [-0.25, -0.2) is 0 Å². The Labute approximate surface area is 217 Å². The van der Waals surface area contributed by atoms with Gasteiger partial charge in [0.25, 0.3) is 11.8 Å². The molecule has 2 N–H and O–H groups in total. The van der Waals surface area contributed by atoms with Gasteiger partial charge in [-0.1, -0.05) is 37.0 Å². The minimum Gasteiger partial charge on any atom is -0.496 e. The molecule has 2 amide bonds. The largest absolute Gasteiger partial charge is 0.496 e. The number of halogens is 3. The quantitative estimate of drug-likeness (QED) is 0.411. The number of anilines is 1. The van der Waals surface area contributed by atoms with E-state index < -0.39 is 11.5 Å². The summed E-state index contributed by atoms with van der Waals surface area (Å²) in [5, 5.41) is 6.41. The van der Waals surface area contributed by atoms with Gasteiger partial charge in [-0.3, -0.25) is 9.59 Å². The van der Waals surface area contributed by atoms with Gasteiger partial charge in [-0.05, 0) is 57.3 Å². The molecule has 0 saturated heterocycles.